The molecule has 0 spiro atoms. The first kappa shape index (κ1) is 19.6. The molecule has 0 aliphatic carbocycles. The van der Waals surface area contributed by atoms with Crippen LogP contribution in [0.1, 0.15) is 39.0 Å². The molecule has 5 nitrogen and oxygen atoms in total. The Kier molecular flexibility index (Phi) is 8.47. The molecule has 0 saturated heterocycles. The van der Waals surface area contributed by atoms with E-state index in [1.165, 1.54) is 12.2 Å². The van der Waals surface area contributed by atoms with E-state index in [0.29, 0.717) is 24.5 Å². The fraction of sp³-hybridized carbons (Fsp3) is 0.421. The van der Waals surface area contributed by atoms with Gasteiger partial charge < -0.3 is 9.47 Å². The van der Waals surface area contributed by atoms with E-state index in [2.05, 4.69) is 4.98 Å². The third-order valence-electron chi connectivity index (χ3n) is 2.77. The molecule has 0 aliphatic heterocycles. The SMILES string of the molecule is CC(C)COC(=O)/C=C/c1cccnc1/C=C/C(=O)OCC(C)C. The lowest BCUT2D eigenvalue weighted by molar-refractivity contribution is -0.139. The first-order valence-electron chi connectivity index (χ1n) is 8.03. The van der Waals surface area contributed by atoms with E-state index in [1.807, 2.05) is 27.7 Å². The Morgan fingerprint density at radius 3 is 2.08 bits per heavy atom. The van der Waals surface area contributed by atoms with Crippen molar-refractivity contribution in [1.82, 2.24) is 4.98 Å². The Morgan fingerprint density at radius 1 is 1.00 bits per heavy atom. The van der Waals surface area contributed by atoms with Gasteiger partial charge in [-0.3, -0.25) is 4.98 Å². The fourth-order valence-electron chi connectivity index (χ4n) is 1.61. The molecule has 0 atom stereocenters. The molecule has 0 aromatic carbocycles. The van der Waals surface area contributed by atoms with Gasteiger partial charge in [-0.05, 0) is 30.1 Å². The number of hydrogen-bond acceptors (Lipinski definition) is 5. The predicted molar refractivity (Wildman–Crippen MR) is 93.9 cm³/mol. The summed E-state index contributed by atoms with van der Waals surface area (Å²) in [7, 11) is 0. The van der Waals surface area contributed by atoms with Crippen molar-refractivity contribution in [3.8, 4) is 0 Å². The average molecular weight is 331 g/mol. The van der Waals surface area contributed by atoms with Crippen LogP contribution in [0.4, 0.5) is 0 Å². The van der Waals surface area contributed by atoms with Gasteiger partial charge in [0, 0.05) is 23.9 Å². The molecule has 0 N–H and O–H groups in total. The lowest BCUT2D eigenvalue weighted by Crippen LogP contribution is -2.07. The summed E-state index contributed by atoms with van der Waals surface area (Å²) in [5, 5.41) is 0. The second-order valence-corrected chi connectivity index (χ2v) is 6.19. The Balaban J connectivity index is 2.70. The molecule has 130 valence electrons. The molecular weight excluding hydrogens is 306 g/mol. The van der Waals surface area contributed by atoms with Crippen LogP contribution in [0.5, 0.6) is 0 Å². The van der Waals surface area contributed by atoms with Gasteiger partial charge in [-0.2, -0.15) is 0 Å². The number of hydrogen-bond donors (Lipinski definition) is 0. The standard InChI is InChI=1S/C19H25NO4/c1-14(2)12-23-18(21)9-7-16-6-5-11-20-17(16)8-10-19(22)24-13-15(3)4/h5-11,14-15H,12-13H2,1-4H3/b9-7+,10-8+. The topological polar surface area (TPSA) is 65.5 Å². The van der Waals surface area contributed by atoms with Crippen molar-refractivity contribution in [3.05, 3.63) is 41.7 Å². The molecule has 0 amide bonds. The molecule has 5 heteroatoms. The van der Waals surface area contributed by atoms with Crippen LogP contribution in [-0.2, 0) is 19.1 Å². The third-order valence-corrected chi connectivity index (χ3v) is 2.77. The van der Waals surface area contributed by atoms with Crippen molar-refractivity contribution in [3.63, 3.8) is 0 Å². The van der Waals surface area contributed by atoms with Gasteiger partial charge in [0.25, 0.3) is 0 Å². The molecule has 0 unspecified atom stereocenters. The summed E-state index contributed by atoms with van der Waals surface area (Å²) in [5.74, 6) is -0.247. The molecule has 0 saturated carbocycles. The lowest BCUT2D eigenvalue weighted by Gasteiger charge is -2.05. The van der Waals surface area contributed by atoms with Gasteiger partial charge in [0.2, 0.25) is 0 Å². The summed E-state index contributed by atoms with van der Waals surface area (Å²) >= 11 is 0. The first-order valence-corrected chi connectivity index (χ1v) is 8.03. The number of esters is 2. The van der Waals surface area contributed by atoms with Crippen LogP contribution in [0.3, 0.4) is 0 Å². The highest BCUT2D eigenvalue weighted by atomic mass is 16.5. The summed E-state index contributed by atoms with van der Waals surface area (Å²) in [6, 6.07) is 3.56. The van der Waals surface area contributed by atoms with Crippen LogP contribution in [0.15, 0.2) is 30.5 Å². The van der Waals surface area contributed by atoms with Crippen LogP contribution in [0, 0.1) is 11.8 Å². The summed E-state index contributed by atoms with van der Waals surface area (Å²) in [5.41, 5.74) is 1.29. The van der Waals surface area contributed by atoms with Gasteiger partial charge in [-0.1, -0.05) is 33.8 Å². The summed E-state index contributed by atoms with van der Waals surface area (Å²) in [4.78, 5) is 27.4. The Hall–Kier alpha value is -2.43. The maximum absolute atomic E-state index is 11.6. The summed E-state index contributed by atoms with van der Waals surface area (Å²) in [6.45, 7) is 8.64. The second-order valence-electron chi connectivity index (χ2n) is 6.19. The number of aromatic nitrogens is 1. The minimum absolute atomic E-state index is 0.285. The van der Waals surface area contributed by atoms with E-state index in [1.54, 1.807) is 30.5 Å². The van der Waals surface area contributed by atoms with Crippen LogP contribution in [0.25, 0.3) is 12.2 Å². The minimum atomic E-state index is -0.416. The average Bonchev–Trinajstić information content (AvgIpc) is 2.55. The van der Waals surface area contributed by atoms with Gasteiger partial charge in [-0.25, -0.2) is 9.59 Å². The maximum atomic E-state index is 11.6. The van der Waals surface area contributed by atoms with Crippen molar-refractivity contribution >= 4 is 24.1 Å². The van der Waals surface area contributed by atoms with Gasteiger partial charge in [-0.15, -0.1) is 0 Å². The molecule has 0 radical (unpaired) electrons. The molecule has 0 bridgehead atoms. The number of pyridine rings is 1. The smallest absolute Gasteiger partial charge is 0.330 e. The monoisotopic (exact) mass is 331 g/mol. The van der Waals surface area contributed by atoms with E-state index < -0.39 is 11.9 Å². The van der Waals surface area contributed by atoms with E-state index in [9.17, 15) is 9.59 Å². The first-order chi connectivity index (χ1) is 11.4. The number of ether oxygens (including phenoxy) is 2. The van der Waals surface area contributed by atoms with Crippen molar-refractivity contribution in [2.24, 2.45) is 11.8 Å². The lowest BCUT2D eigenvalue weighted by atomic mass is 10.1. The zero-order valence-corrected chi connectivity index (χ0v) is 14.7. The van der Waals surface area contributed by atoms with Crippen molar-refractivity contribution in [2.75, 3.05) is 13.2 Å². The molecule has 1 rings (SSSR count). The Morgan fingerprint density at radius 2 is 1.54 bits per heavy atom. The molecule has 1 aromatic rings. The third kappa shape index (κ3) is 8.27. The maximum Gasteiger partial charge on any atom is 0.330 e. The quantitative estimate of drug-likeness (QED) is 0.539. The van der Waals surface area contributed by atoms with Gasteiger partial charge in [0.15, 0.2) is 0 Å². The number of carbonyl (C=O) groups is 2. The molecule has 1 heterocycles. The molecule has 1 aromatic heterocycles. The summed E-state index contributed by atoms with van der Waals surface area (Å²) < 4.78 is 10.2. The largest absolute Gasteiger partial charge is 0.462 e. The Labute approximate surface area is 143 Å². The van der Waals surface area contributed by atoms with E-state index in [0.717, 1.165) is 0 Å². The van der Waals surface area contributed by atoms with Crippen LogP contribution in [0.2, 0.25) is 0 Å². The van der Waals surface area contributed by atoms with E-state index in [4.69, 9.17) is 9.47 Å². The van der Waals surface area contributed by atoms with E-state index in [-0.39, 0.29) is 11.8 Å². The zero-order valence-electron chi connectivity index (χ0n) is 14.7. The van der Waals surface area contributed by atoms with Crippen LogP contribution in [-0.4, -0.2) is 30.1 Å². The normalized spacial score (nSPS) is 11.6. The van der Waals surface area contributed by atoms with Gasteiger partial charge in [0.1, 0.15) is 0 Å². The highest BCUT2D eigenvalue weighted by molar-refractivity contribution is 5.89. The molecule has 24 heavy (non-hydrogen) atoms. The van der Waals surface area contributed by atoms with Gasteiger partial charge >= 0.3 is 11.9 Å². The number of carbonyl (C=O) groups excluding carboxylic acids is 2. The highest BCUT2D eigenvalue weighted by Crippen LogP contribution is 2.10. The summed E-state index contributed by atoms with van der Waals surface area (Å²) in [6.07, 6.45) is 7.50. The van der Waals surface area contributed by atoms with Gasteiger partial charge in [0.05, 0.1) is 18.9 Å². The minimum Gasteiger partial charge on any atom is -0.462 e. The van der Waals surface area contributed by atoms with E-state index >= 15 is 0 Å². The highest BCUT2D eigenvalue weighted by Gasteiger charge is 2.03. The zero-order chi connectivity index (χ0) is 17.9. The van der Waals surface area contributed by atoms with Crippen molar-refractivity contribution in [2.45, 2.75) is 27.7 Å². The molecule has 0 aliphatic rings. The molecule has 0 fully saturated rings. The number of nitrogens with zero attached hydrogens (tertiary/aromatic N) is 1. The van der Waals surface area contributed by atoms with Crippen LogP contribution >= 0.6 is 0 Å². The van der Waals surface area contributed by atoms with Crippen LogP contribution < -0.4 is 0 Å². The second kappa shape index (κ2) is 10.4. The Bertz CT molecular complexity index is 550. The number of rotatable bonds is 8. The molecular formula is C19H25NO4. The van der Waals surface area contributed by atoms with Crippen molar-refractivity contribution in [1.29, 1.82) is 0 Å². The fourth-order valence-corrected chi connectivity index (χ4v) is 1.61. The van der Waals surface area contributed by atoms with Crippen molar-refractivity contribution < 1.29 is 19.1 Å². The predicted octanol–water partition coefficient (Wildman–Crippen LogP) is 3.51.